The first-order chi connectivity index (χ1) is 10.5. The molecule has 22 heavy (non-hydrogen) atoms. The van der Waals surface area contributed by atoms with Gasteiger partial charge in [-0.25, -0.2) is 0 Å². The summed E-state index contributed by atoms with van der Waals surface area (Å²) in [6.07, 6.45) is 0. The van der Waals surface area contributed by atoms with E-state index in [0.29, 0.717) is 29.6 Å². The molecule has 1 fully saturated rings. The Labute approximate surface area is 132 Å². The summed E-state index contributed by atoms with van der Waals surface area (Å²) in [5.74, 6) is 1.77. The first-order valence-electron chi connectivity index (χ1n) is 7.85. The molecule has 0 bridgehead atoms. The van der Waals surface area contributed by atoms with E-state index in [1.807, 2.05) is 17.0 Å². The number of hydrogen-bond donors (Lipinski definition) is 1. The number of nitrogens with one attached hydrogen (secondary N) is 1. The van der Waals surface area contributed by atoms with E-state index in [1.165, 1.54) is 0 Å². The molecule has 122 valence electrons. The second kappa shape index (κ2) is 7.49. The smallest absolute Gasteiger partial charge is 0.254 e. The number of rotatable bonds is 5. The highest BCUT2D eigenvalue weighted by atomic mass is 16.5. The minimum atomic E-state index is 0.0442. The normalized spacial score (nSPS) is 18.4. The molecule has 1 heterocycles. The molecule has 1 aliphatic rings. The van der Waals surface area contributed by atoms with Gasteiger partial charge in [0.15, 0.2) is 11.5 Å². The average Bonchev–Trinajstić information content (AvgIpc) is 2.52. The van der Waals surface area contributed by atoms with Crippen molar-refractivity contribution in [2.45, 2.75) is 26.8 Å². The van der Waals surface area contributed by atoms with Gasteiger partial charge in [0.05, 0.1) is 13.7 Å². The zero-order chi connectivity index (χ0) is 16.1. The molecule has 1 atom stereocenters. The van der Waals surface area contributed by atoms with E-state index < -0.39 is 0 Å². The van der Waals surface area contributed by atoms with E-state index in [1.54, 1.807) is 13.2 Å². The van der Waals surface area contributed by atoms with Crippen LogP contribution in [0.4, 0.5) is 0 Å². The van der Waals surface area contributed by atoms with Crippen LogP contribution in [0.25, 0.3) is 0 Å². The van der Waals surface area contributed by atoms with Gasteiger partial charge in [-0.15, -0.1) is 0 Å². The standard InChI is InChI=1S/C17H26N2O3/c1-12(2)11-22-15-6-5-14(9-16(15)21-4)17(20)19-8-7-18-10-13(19)3/h5-6,9,12-13,18H,7-8,10-11H2,1-4H3. The fourth-order valence-electron chi connectivity index (χ4n) is 2.48. The monoisotopic (exact) mass is 306 g/mol. The SMILES string of the molecule is COc1cc(C(=O)N2CCNCC2C)ccc1OCC(C)C. The third kappa shape index (κ3) is 3.91. The Balaban J connectivity index is 2.15. The molecule has 0 radical (unpaired) electrons. The lowest BCUT2D eigenvalue weighted by Gasteiger charge is -2.34. The number of hydrogen-bond acceptors (Lipinski definition) is 4. The summed E-state index contributed by atoms with van der Waals surface area (Å²) in [5, 5.41) is 3.29. The summed E-state index contributed by atoms with van der Waals surface area (Å²) in [7, 11) is 1.60. The Morgan fingerprint density at radius 2 is 2.18 bits per heavy atom. The molecular weight excluding hydrogens is 280 g/mol. The highest BCUT2D eigenvalue weighted by molar-refractivity contribution is 5.95. The van der Waals surface area contributed by atoms with Crippen molar-refractivity contribution in [2.75, 3.05) is 33.4 Å². The van der Waals surface area contributed by atoms with Crippen molar-refractivity contribution >= 4 is 5.91 Å². The van der Waals surface area contributed by atoms with E-state index in [4.69, 9.17) is 9.47 Å². The molecule has 0 aliphatic carbocycles. The van der Waals surface area contributed by atoms with Crippen LogP contribution >= 0.6 is 0 Å². The Hall–Kier alpha value is -1.75. The van der Waals surface area contributed by atoms with Crippen molar-refractivity contribution in [3.8, 4) is 11.5 Å². The Bertz CT molecular complexity index is 517. The van der Waals surface area contributed by atoms with Crippen LogP contribution in [0, 0.1) is 5.92 Å². The maximum atomic E-state index is 12.7. The summed E-state index contributed by atoms with van der Waals surface area (Å²) in [6.45, 7) is 9.27. The number of ether oxygens (including phenoxy) is 2. The van der Waals surface area contributed by atoms with Gasteiger partial charge < -0.3 is 19.7 Å². The third-order valence-corrected chi connectivity index (χ3v) is 3.74. The predicted octanol–water partition coefficient (Wildman–Crippen LogP) is 2.16. The second-order valence-electron chi connectivity index (χ2n) is 6.12. The van der Waals surface area contributed by atoms with Crippen molar-refractivity contribution in [1.29, 1.82) is 0 Å². The molecule has 0 spiro atoms. The maximum absolute atomic E-state index is 12.7. The van der Waals surface area contributed by atoms with Crippen LogP contribution in [0.2, 0.25) is 0 Å². The largest absolute Gasteiger partial charge is 0.493 e. The number of carbonyl (C=O) groups excluding carboxylic acids is 1. The number of amides is 1. The molecule has 1 unspecified atom stereocenters. The van der Waals surface area contributed by atoms with Gasteiger partial charge in [-0.1, -0.05) is 13.8 Å². The minimum absolute atomic E-state index is 0.0442. The summed E-state index contributed by atoms with van der Waals surface area (Å²) in [4.78, 5) is 14.6. The summed E-state index contributed by atoms with van der Waals surface area (Å²) < 4.78 is 11.1. The Morgan fingerprint density at radius 3 is 2.82 bits per heavy atom. The molecule has 1 amide bonds. The van der Waals surface area contributed by atoms with Crippen LogP contribution in [0.1, 0.15) is 31.1 Å². The van der Waals surface area contributed by atoms with Crippen LogP contribution in [0.3, 0.4) is 0 Å². The molecule has 1 aromatic rings. The average molecular weight is 306 g/mol. The molecular formula is C17H26N2O3. The quantitative estimate of drug-likeness (QED) is 0.906. The lowest BCUT2D eigenvalue weighted by atomic mass is 10.1. The lowest BCUT2D eigenvalue weighted by molar-refractivity contribution is 0.0655. The van der Waals surface area contributed by atoms with Gasteiger partial charge in [0, 0.05) is 31.2 Å². The molecule has 1 saturated heterocycles. The highest BCUT2D eigenvalue weighted by Gasteiger charge is 2.24. The third-order valence-electron chi connectivity index (χ3n) is 3.74. The second-order valence-corrected chi connectivity index (χ2v) is 6.12. The zero-order valence-corrected chi connectivity index (χ0v) is 13.9. The highest BCUT2D eigenvalue weighted by Crippen LogP contribution is 2.29. The predicted molar refractivity (Wildman–Crippen MR) is 86.7 cm³/mol. The summed E-state index contributed by atoms with van der Waals surface area (Å²) in [6, 6.07) is 5.60. The van der Waals surface area contributed by atoms with Crippen LogP contribution in [-0.4, -0.2) is 50.2 Å². The maximum Gasteiger partial charge on any atom is 0.254 e. The van der Waals surface area contributed by atoms with Crippen molar-refractivity contribution in [2.24, 2.45) is 5.92 Å². The molecule has 0 aromatic heterocycles. The van der Waals surface area contributed by atoms with Gasteiger partial charge >= 0.3 is 0 Å². The fourth-order valence-corrected chi connectivity index (χ4v) is 2.48. The molecule has 1 aromatic carbocycles. The van der Waals surface area contributed by atoms with Gasteiger partial charge in [-0.2, -0.15) is 0 Å². The number of nitrogens with zero attached hydrogens (tertiary/aromatic N) is 1. The molecule has 5 heteroatoms. The van der Waals surface area contributed by atoms with E-state index in [-0.39, 0.29) is 11.9 Å². The zero-order valence-electron chi connectivity index (χ0n) is 13.9. The molecule has 2 rings (SSSR count). The molecule has 1 N–H and O–H groups in total. The van der Waals surface area contributed by atoms with Crippen molar-refractivity contribution < 1.29 is 14.3 Å². The van der Waals surface area contributed by atoms with E-state index in [9.17, 15) is 4.79 Å². The van der Waals surface area contributed by atoms with E-state index in [0.717, 1.165) is 19.6 Å². The molecule has 0 saturated carbocycles. The number of methoxy groups -OCH3 is 1. The van der Waals surface area contributed by atoms with Crippen LogP contribution < -0.4 is 14.8 Å². The molecule has 1 aliphatic heterocycles. The van der Waals surface area contributed by atoms with Crippen LogP contribution in [0.5, 0.6) is 11.5 Å². The first kappa shape index (κ1) is 16.6. The van der Waals surface area contributed by atoms with Gasteiger partial charge in [-0.3, -0.25) is 4.79 Å². The van der Waals surface area contributed by atoms with Gasteiger partial charge in [0.2, 0.25) is 0 Å². The topological polar surface area (TPSA) is 50.8 Å². The van der Waals surface area contributed by atoms with Crippen LogP contribution in [-0.2, 0) is 0 Å². The van der Waals surface area contributed by atoms with Crippen molar-refractivity contribution in [3.63, 3.8) is 0 Å². The van der Waals surface area contributed by atoms with Crippen molar-refractivity contribution in [3.05, 3.63) is 23.8 Å². The van der Waals surface area contributed by atoms with Gasteiger partial charge in [-0.05, 0) is 31.0 Å². The molecule has 5 nitrogen and oxygen atoms in total. The first-order valence-corrected chi connectivity index (χ1v) is 7.85. The fraction of sp³-hybridized carbons (Fsp3) is 0.588. The summed E-state index contributed by atoms with van der Waals surface area (Å²) in [5.41, 5.74) is 0.641. The van der Waals surface area contributed by atoms with Crippen molar-refractivity contribution in [1.82, 2.24) is 10.2 Å². The van der Waals surface area contributed by atoms with Gasteiger partial charge in [0.1, 0.15) is 0 Å². The number of piperazine rings is 1. The van der Waals surface area contributed by atoms with Gasteiger partial charge in [0.25, 0.3) is 5.91 Å². The van der Waals surface area contributed by atoms with Crippen LogP contribution in [0.15, 0.2) is 18.2 Å². The number of carbonyl (C=O) groups is 1. The Morgan fingerprint density at radius 1 is 1.41 bits per heavy atom. The van der Waals surface area contributed by atoms with E-state index in [2.05, 4.69) is 26.1 Å². The Kier molecular flexibility index (Phi) is 5.66. The van der Waals surface area contributed by atoms with E-state index >= 15 is 0 Å². The number of benzene rings is 1. The lowest BCUT2D eigenvalue weighted by Crippen LogP contribution is -2.52. The summed E-state index contributed by atoms with van der Waals surface area (Å²) >= 11 is 0. The minimum Gasteiger partial charge on any atom is -0.493 e.